The summed E-state index contributed by atoms with van der Waals surface area (Å²) in [6.07, 6.45) is 3.45. The number of carbonyl (C=O) groups excluding carboxylic acids is 1. The molecule has 1 aromatic carbocycles. The zero-order valence-corrected chi connectivity index (χ0v) is 13.4. The van der Waals surface area contributed by atoms with E-state index in [1.54, 1.807) is 0 Å². The second-order valence-corrected chi connectivity index (χ2v) is 6.15. The molecule has 0 heterocycles. The van der Waals surface area contributed by atoms with Gasteiger partial charge in [0.25, 0.3) is 0 Å². The predicted octanol–water partition coefficient (Wildman–Crippen LogP) is 4.30. The normalized spacial score (nSPS) is 11.6. The molecule has 0 spiro atoms. The van der Waals surface area contributed by atoms with Gasteiger partial charge in [-0.3, -0.25) is 0 Å². The molecule has 19 heavy (non-hydrogen) atoms. The molecule has 0 radical (unpaired) electrons. The zero-order chi connectivity index (χ0) is 14.5. The summed E-state index contributed by atoms with van der Waals surface area (Å²) in [6.45, 7) is 8.01. The van der Waals surface area contributed by atoms with Crippen molar-refractivity contribution in [2.45, 2.75) is 33.3 Å². The van der Waals surface area contributed by atoms with Crippen molar-refractivity contribution in [3.8, 4) is 0 Å². The maximum atomic E-state index is 11.4. The Balaban J connectivity index is 2.42. The number of rotatable bonds is 3. The van der Waals surface area contributed by atoms with Crippen molar-refractivity contribution in [1.29, 1.82) is 0 Å². The van der Waals surface area contributed by atoms with Gasteiger partial charge in [-0.2, -0.15) is 0 Å². The Bertz CT molecular complexity index is 476. The van der Waals surface area contributed by atoms with E-state index in [1.807, 2.05) is 58.0 Å². The summed E-state index contributed by atoms with van der Waals surface area (Å²) in [5.41, 5.74) is 1.82. The van der Waals surface area contributed by atoms with Gasteiger partial charge in [0.1, 0.15) is 5.60 Å². The zero-order valence-electron chi connectivity index (χ0n) is 11.8. The number of amides is 1. The lowest BCUT2D eigenvalue weighted by Crippen LogP contribution is -2.32. The second kappa shape index (κ2) is 6.75. The van der Waals surface area contributed by atoms with E-state index in [0.29, 0.717) is 6.54 Å². The SMILES string of the molecule is Cc1ccc(C=CCNC(=O)OC(C)(C)C)cc1Br. The van der Waals surface area contributed by atoms with Gasteiger partial charge in [0.15, 0.2) is 0 Å². The van der Waals surface area contributed by atoms with Crippen LogP contribution in [0.25, 0.3) is 6.08 Å². The fourth-order valence-electron chi connectivity index (χ4n) is 1.36. The van der Waals surface area contributed by atoms with Crippen LogP contribution in [-0.2, 0) is 4.74 Å². The highest BCUT2D eigenvalue weighted by Gasteiger charge is 2.14. The third kappa shape index (κ3) is 6.43. The van der Waals surface area contributed by atoms with Gasteiger partial charge in [-0.25, -0.2) is 4.79 Å². The van der Waals surface area contributed by atoms with Gasteiger partial charge in [0, 0.05) is 11.0 Å². The van der Waals surface area contributed by atoms with E-state index in [-0.39, 0.29) is 0 Å². The Morgan fingerprint density at radius 3 is 2.68 bits per heavy atom. The monoisotopic (exact) mass is 325 g/mol. The topological polar surface area (TPSA) is 38.3 Å². The van der Waals surface area contributed by atoms with Crippen LogP contribution >= 0.6 is 15.9 Å². The van der Waals surface area contributed by atoms with Gasteiger partial charge >= 0.3 is 6.09 Å². The molecule has 1 amide bonds. The summed E-state index contributed by atoms with van der Waals surface area (Å²) in [6, 6.07) is 6.12. The lowest BCUT2D eigenvalue weighted by Gasteiger charge is -2.19. The van der Waals surface area contributed by atoms with Crippen molar-refractivity contribution in [2.75, 3.05) is 6.54 Å². The number of hydrogen-bond acceptors (Lipinski definition) is 2. The molecular formula is C15H20BrNO2. The molecule has 1 rings (SSSR count). The van der Waals surface area contributed by atoms with Crippen molar-refractivity contribution in [1.82, 2.24) is 5.32 Å². The van der Waals surface area contributed by atoms with Gasteiger partial charge in [0.05, 0.1) is 0 Å². The second-order valence-electron chi connectivity index (χ2n) is 5.29. The van der Waals surface area contributed by atoms with E-state index in [2.05, 4.69) is 21.2 Å². The van der Waals surface area contributed by atoms with E-state index in [4.69, 9.17) is 4.74 Å². The molecule has 0 aromatic heterocycles. The molecule has 104 valence electrons. The van der Waals surface area contributed by atoms with E-state index in [1.165, 1.54) is 5.56 Å². The Hall–Kier alpha value is -1.29. The first-order valence-corrected chi connectivity index (χ1v) is 6.97. The molecule has 1 aromatic rings. The lowest BCUT2D eigenvalue weighted by atomic mass is 10.1. The smallest absolute Gasteiger partial charge is 0.407 e. The first-order valence-electron chi connectivity index (χ1n) is 6.17. The summed E-state index contributed by atoms with van der Waals surface area (Å²) < 4.78 is 6.21. The Morgan fingerprint density at radius 2 is 2.11 bits per heavy atom. The molecule has 3 nitrogen and oxygen atoms in total. The van der Waals surface area contributed by atoms with E-state index >= 15 is 0 Å². The number of benzene rings is 1. The van der Waals surface area contributed by atoms with E-state index in [0.717, 1.165) is 10.0 Å². The number of alkyl carbamates (subject to hydrolysis) is 1. The Morgan fingerprint density at radius 1 is 1.42 bits per heavy atom. The van der Waals surface area contributed by atoms with Gasteiger partial charge in [-0.1, -0.05) is 40.2 Å². The average Bonchev–Trinajstić information content (AvgIpc) is 2.27. The molecule has 0 aliphatic rings. The molecule has 0 aliphatic carbocycles. The highest BCUT2D eigenvalue weighted by Crippen LogP contribution is 2.18. The van der Waals surface area contributed by atoms with E-state index < -0.39 is 11.7 Å². The minimum Gasteiger partial charge on any atom is -0.444 e. The minimum atomic E-state index is -0.463. The molecule has 0 atom stereocenters. The maximum absolute atomic E-state index is 11.4. The molecule has 0 saturated carbocycles. The first kappa shape index (κ1) is 15.8. The van der Waals surface area contributed by atoms with Crippen LogP contribution in [0.5, 0.6) is 0 Å². The molecular weight excluding hydrogens is 306 g/mol. The van der Waals surface area contributed by atoms with Crippen LogP contribution in [0.4, 0.5) is 4.79 Å². The van der Waals surface area contributed by atoms with Crippen LogP contribution in [0.15, 0.2) is 28.7 Å². The van der Waals surface area contributed by atoms with Crippen molar-refractivity contribution >= 4 is 28.1 Å². The van der Waals surface area contributed by atoms with Gasteiger partial charge in [-0.05, 0) is 44.9 Å². The van der Waals surface area contributed by atoms with Gasteiger partial charge in [-0.15, -0.1) is 0 Å². The summed E-state index contributed by atoms with van der Waals surface area (Å²) in [4.78, 5) is 11.4. The Labute approximate surface area is 123 Å². The number of nitrogens with one attached hydrogen (secondary N) is 1. The van der Waals surface area contributed by atoms with Gasteiger partial charge in [0.2, 0.25) is 0 Å². The number of hydrogen-bond donors (Lipinski definition) is 1. The molecule has 0 unspecified atom stereocenters. The van der Waals surface area contributed by atoms with Crippen LogP contribution < -0.4 is 5.32 Å². The lowest BCUT2D eigenvalue weighted by molar-refractivity contribution is 0.0534. The molecule has 0 fully saturated rings. The van der Waals surface area contributed by atoms with Crippen LogP contribution in [0.1, 0.15) is 31.9 Å². The molecule has 0 bridgehead atoms. The van der Waals surface area contributed by atoms with E-state index in [9.17, 15) is 4.79 Å². The van der Waals surface area contributed by atoms with Crippen LogP contribution in [-0.4, -0.2) is 18.2 Å². The van der Waals surface area contributed by atoms with Crippen molar-refractivity contribution in [2.24, 2.45) is 0 Å². The van der Waals surface area contributed by atoms with Crippen molar-refractivity contribution < 1.29 is 9.53 Å². The largest absolute Gasteiger partial charge is 0.444 e. The maximum Gasteiger partial charge on any atom is 0.407 e. The quantitative estimate of drug-likeness (QED) is 0.899. The van der Waals surface area contributed by atoms with Gasteiger partial charge < -0.3 is 10.1 Å². The molecule has 1 N–H and O–H groups in total. The first-order chi connectivity index (χ1) is 8.78. The predicted molar refractivity (Wildman–Crippen MR) is 82.1 cm³/mol. The van der Waals surface area contributed by atoms with Crippen LogP contribution in [0, 0.1) is 6.92 Å². The van der Waals surface area contributed by atoms with Crippen molar-refractivity contribution in [3.05, 3.63) is 39.9 Å². The Kier molecular flexibility index (Phi) is 5.60. The molecule has 4 heteroatoms. The number of aryl methyl sites for hydroxylation is 1. The van der Waals surface area contributed by atoms with Crippen LogP contribution in [0.2, 0.25) is 0 Å². The highest BCUT2D eigenvalue weighted by molar-refractivity contribution is 9.10. The standard InChI is InChI=1S/C15H20BrNO2/c1-11-7-8-12(10-13(11)16)6-5-9-17-14(18)19-15(2,3)4/h5-8,10H,9H2,1-4H3,(H,17,18). The summed E-state index contributed by atoms with van der Waals surface area (Å²) in [7, 11) is 0. The summed E-state index contributed by atoms with van der Waals surface area (Å²) in [5.74, 6) is 0. The summed E-state index contributed by atoms with van der Waals surface area (Å²) >= 11 is 3.49. The minimum absolute atomic E-state index is 0.401. The van der Waals surface area contributed by atoms with Crippen LogP contribution in [0.3, 0.4) is 0 Å². The molecule has 0 aliphatic heterocycles. The third-order valence-electron chi connectivity index (χ3n) is 2.27. The average molecular weight is 326 g/mol. The summed E-state index contributed by atoms with van der Waals surface area (Å²) in [5, 5.41) is 2.68. The fraction of sp³-hybridized carbons (Fsp3) is 0.400. The fourth-order valence-corrected chi connectivity index (χ4v) is 1.76. The highest BCUT2D eigenvalue weighted by atomic mass is 79.9. The number of ether oxygens (including phenoxy) is 1. The number of carbonyl (C=O) groups is 1. The van der Waals surface area contributed by atoms with Crippen molar-refractivity contribution in [3.63, 3.8) is 0 Å². The third-order valence-corrected chi connectivity index (χ3v) is 3.12. The molecule has 0 saturated heterocycles. The number of halogens is 1.